The summed E-state index contributed by atoms with van der Waals surface area (Å²) in [6.45, 7) is 1.06. The molecule has 7 nitrogen and oxygen atoms in total. The van der Waals surface area contributed by atoms with Crippen LogP contribution in [0.15, 0.2) is 42.5 Å². The van der Waals surface area contributed by atoms with Crippen molar-refractivity contribution in [3.8, 4) is 5.88 Å². The van der Waals surface area contributed by atoms with Crippen LogP contribution < -0.4 is 4.74 Å². The molecule has 2 aliphatic heterocycles. The molecule has 148 valence electrons. The van der Waals surface area contributed by atoms with Gasteiger partial charge in [0.15, 0.2) is 0 Å². The number of aryl methyl sites for hydroxylation is 1. The number of fused-ring (bicyclic) bond motifs is 3. The molecule has 2 aliphatic rings. The average molecular weight is 391 g/mol. The van der Waals surface area contributed by atoms with Crippen molar-refractivity contribution in [1.29, 1.82) is 0 Å². The Kier molecular flexibility index (Phi) is 3.87. The Labute approximate surface area is 167 Å². The van der Waals surface area contributed by atoms with Crippen LogP contribution in [0.1, 0.15) is 39.1 Å². The van der Waals surface area contributed by atoms with E-state index in [1.165, 1.54) is 0 Å². The predicted molar refractivity (Wildman–Crippen MR) is 106 cm³/mol. The zero-order chi connectivity index (χ0) is 20.2. The first kappa shape index (κ1) is 17.7. The number of hydrogen-bond acceptors (Lipinski definition) is 5. The summed E-state index contributed by atoms with van der Waals surface area (Å²) >= 11 is 0. The number of esters is 1. The van der Waals surface area contributed by atoms with Crippen molar-refractivity contribution < 1.29 is 19.1 Å². The number of methoxy groups -OCH3 is 1. The highest BCUT2D eigenvalue weighted by atomic mass is 16.6. The van der Waals surface area contributed by atoms with E-state index in [1.54, 1.807) is 23.9 Å². The fourth-order valence-electron chi connectivity index (χ4n) is 4.52. The van der Waals surface area contributed by atoms with E-state index in [9.17, 15) is 9.59 Å². The van der Waals surface area contributed by atoms with Gasteiger partial charge in [-0.3, -0.25) is 4.79 Å². The number of carbonyl (C=O) groups is 2. The largest absolute Gasteiger partial charge is 0.481 e. The Morgan fingerprint density at radius 3 is 2.69 bits per heavy atom. The molecular weight excluding hydrogens is 370 g/mol. The third-order valence-corrected chi connectivity index (χ3v) is 6.00. The van der Waals surface area contributed by atoms with E-state index in [4.69, 9.17) is 9.47 Å². The van der Waals surface area contributed by atoms with E-state index < -0.39 is 5.60 Å². The molecular formula is C22H21N3O4. The van der Waals surface area contributed by atoms with Gasteiger partial charge in [0.2, 0.25) is 5.88 Å². The van der Waals surface area contributed by atoms with Crippen LogP contribution in [-0.2, 0) is 17.4 Å². The van der Waals surface area contributed by atoms with Gasteiger partial charge in [-0.1, -0.05) is 18.2 Å². The van der Waals surface area contributed by atoms with Crippen LogP contribution in [0.3, 0.4) is 0 Å². The van der Waals surface area contributed by atoms with Crippen molar-refractivity contribution in [2.75, 3.05) is 20.2 Å². The highest BCUT2D eigenvalue weighted by Crippen LogP contribution is 2.44. The van der Waals surface area contributed by atoms with Gasteiger partial charge in [0.1, 0.15) is 5.60 Å². The van der Waals surface area contributed by atoms with E-state index in [-0.39, 0.29) is 11.9 Å². The summed E-state index contributed by atoms with van der Waals surface area (Å²) in [6, 6.07) is 13.0. The molecule has 1 amide bonds. The second kappa shape index (κ2) is 6.34. The highest BCUT2D eigenvalue weighted by Gasteiger charge is 2.47. The maximum Gasteiger partial charge on any atom is 0.339 e. The SMILES string of the molecule is COc1c2ccc(C(=O)N3CCC4(CC3)OC(=O)c3ccccc34)cc2nn1C. The van der Waals surface area contributed by atoms with Crippen molar-refractivity contribution in [2.45, 2.75) is 18.4 Å². The monoisotopic (exact) mass is 391 g/mol. The van der Waals surface area contributed by atoms with Gasteiger partial charge in [0.25, 0.3) is 5.91 Å². The summed E-state index contributed by atoms with van der Waals surface area (Å²) in [5.74, 6) is 0.361. The fourth-order valence-corrected chi connectivity index (χ4v) is 4.52. The standard InChI is InChI=1S/C22H21N3O4/c1-24-20(28-2)16-8-7-14(13-18(16)23-24)19(26)25-11-9-22(10-12-25)17-6-4-3-5-15(17)21(27)29-22/h3-8,13H,9-12H2,1-2H3. The lowest BCUT2D eigenvalue weighted by Crippen LogP contribution is -2.45. The van der Waals surface area contributed by atoms with Crippen LogP contribution in [0.5, 0.6) is 5.88 Å². The molecule has 5 rings (SSSR count). The number of carbonyl (C=O) groups excluding carboxylic acids is 2. The number of hydrogen-bond donors (Lipinski definition) is 0. The molecule has 1 aromatic heterocycles. The molecule has 3 aromatic rings. The number of ether oxygens (including phenoxy) is 2. The minimum atomic E-state index is -0.608. The first-order valence-electron chi connectivity index (χ1n) is 9.65. The quantitative estimate of drug-likeness (QED) is 0.628. The van der Waals surface area contributed by atoms with Crippen LogP contribution in [0.4, 0.5) is 0 Å². The number of amides is 1. The third kappa shape index (κ3) is 2.61. The number of aromatic nitrogens is 2. The van der Waals surface area contributed by atoms with Crippen LogP contribution in [0, 0.1) is 0 Å². The van der Waals surface area contributed by atoms with Gasteiger partial charge in [-0.05, 0) is 24.3 Å². The van der Waals surface area contributed by atoms with E-state index in [2.05, 4.69) is 5.10 Å². The van der Waals surface area contributed by atoms with E-state index >= 15 is 0 Å². The van der Waals surface area contributed by atoms with Crippen molar-refractivity contribution in [1.82, 2.24) is 14.7 Å². The van der Waals surface area contributed by atoms with Gasteiger partial charge in [0.05, 0.1) is 23.6 Å². The lowest BCUT2D eigenvalue weighted by atomic mass is 9.83. The zero-order valence-electron chi connectivity index (χ0n) is 16.3. The summed E-state index contributed by atoms with van der Waals surface area (Å²) in [7, 11) is 3.41. The molecule has 7 heteroatoms. The Hall–Kier alpha value is -3.35. The number of piperidine rings is 1. The van der Waals surface area contributed by atoms with Gasteiger partial charge < -0.3 is 14.4 Å². The molecule has 0 bridgehead atoms. The van der Waals surface area contributed by atoms with Crippen LogP contribution in [0.2, 0.25) is 0 Å². The summed E-state index contributed by atoms with van der Waals surface area (Å²) in [5.41, 5.74) is 2.30. The van der Waals surface area contributed by atoms with Gasteiger partial charge in [0, 0.05) is 44.1 Å². The van der Waals surface area contributed by atoms with Gasteiger partial charge in [-0.2, -0.15) is 5.10 Å². The molecule has 0 atom stereocenters. The van der Waals surface area contributed by atoms with Crippen LogP contribution in [0.25, 0.3) is 10.9 Å². The summed E-state index contributed by atoms with van der Waals surface area (Å²) in [5, 5.41) is 5.30. The van der Waals surface area contributed by atoms with Crippen molar-refractivity contribution >= 4 is 22.8 Å². The number of rotatable bonds is 2. The third-order valence-electron chi connectivity index (χ3n) is 6.00. The van der Waals surface area contributed by atoms with Gasteiger partial charge >= 0.3 is 5.97 Å². The molecule has 1 saturated heterocycles. The lowest BCUT2D eigenvalue weighted by Gasteiger charge is -2.38. The molecule has 2 aromatic carbocycles. The molecule has 0 N–H and O–H groups in total. The fraction of sp³-hybridized carbons (Fsp3) is 0.318. The topological polar surface area (TPSA) is 73.7 Å². The first-order chi connectivity index (χ1) is 14.0. The Bertz CT molecular complexity index is 1140. The zero-order valence-corrected chi connectivity index (χ0v) is 16.3. The molecule has 3 heterocycles. The van der Waals surface area contributed by atoms with Crippen LogP contribution >= 0.6 is 0 Å². The highest BCUT2D eigenvalue weighted by molar-refractivity contribution is 5.99. The molecule has 0 unspecified atom stereocenters. The molecule has 0 radical (unpaired) electrons. The predicted octanol–water partition coefficient (Wildman–Crippen LogP) is 2.88. The average Bonchev–Trinajstić information content (AvgIpc) is 3.21. The Morgan fingerprint density at radius 2 is 1.93 bits per heavy atom. The second-order valence-corrected chi connectivity index (χ2v) is 7.59. The molecule has 0 saturated carbocycles. The summed E-state index contributed by atoms with van der Waals surface area (Å²) < 4.78 is 12.8. The van der Waals surface area contributed by atoms with Gasteiger partial charge in [-0.25, -0.2) is 9.48 Å². The molecule has 0 aliphatic carbocycles. The number of nitrogens with zero attached hydrogens (tertiary/aromatic N) is 3. The van der Waals surface area contributed by atoms with Crippen LogP contribution in [-0.4, -0.2) is 46.8 Å². The van der Waals surface area contributed by atoms with E-state index in [0.29, 0.717) is 42.9 Å². The number of benzene rings is 2. The van der Waals surface area contributed by atoms with E-state index in [1.807, 2.05) is 42.3 Å². The minimum absolute atomic E-state index is 0.0380. The Balaban J connectivity index is 1.37. The number of likely N-dealkylation sites (tertiary alicyclic amines) is 1. The molecule has 1 fully saturated rings. The van der Waals surface area contributed by atoms with E-state index in [0.717, 1.165) is 16.5 Å². The Morgan fingerprint density at radius 1 is 1.17 bits per heavy atom. The summed E-state index contributed by atoms with van der Waals surface area (Å²) in [4.78, 5) is 27.1. The molecule has 1 spiro atoms. The smallest absolute Gasteiger partial charge is 0.339 e. The van der Waals surface area contributed by atoms with Crippen molar-refractivity contribution in [2.24, 2.45) is 7.05 Å². The maximum atomic E-state index is 13.1. The maximum absolute atomic E-state index is 13.1. The molecule has 29 heavy (non-hydrogen) atoms. The second-order valence-electron chi connectivity index (χ2n) is 7.59. The normalized spacial score (nSPS) is 17.4. The summed E-state index contributed by atoms with van der Waals surface area (Å²) in [6.07, 6.45) is 1.20. The lowest BCUT2D eigenvalue weighted by molar-refractivity contribution is -0.0389. The van der Waals surface area contributed by atoms with Crippen molar-refractivity contribution in [3.63, 3.8) is 0 Å². The minimum Gasteiger partial charge on any atom is -0.481 e. The van der Waals surface area contributed by atoms with Gasteiger partial charge in [-0.15, -0.1) is 0 Å². The van der Waals surface area contributed by atoms with Crippen molar-refractivity contribution in [3.05, 3.63) is 59.2 Å². The first-order valence-corrected chi connectivity index (χ1v) is 9.65.